The molecule has 84 valence electrons. The molecule has 0 bridgehead atoms. The van der Waals surface area contributed by atoms with Crippen molar-refractivity contribution in [2.45, 2.75) is 18.9 Å². The molecule has 1 aromatic carbocycles. The Kier molecular flexibility index (Phi) is 4.41. The average molecular weight is 248 g/mol. The van der Waals surface area contributed by atoms with Crippen LogP contribution >= 0.6 is 23.2 Å². The van der Waals surface area contributed by atoms with Crippen LogP contribution in [0.5, 0.6) is 0 Å². The molecular formula is C11H15Cl2NO. The summed E-state index contributed by atoms with van der Waals surface area (Å²) < 4.78 is 0. The average Bonchev–Trinajstić information content (AvgIpc) is 2.19. The maximum atomic E-state index is 10.2. The predicted octanol–water partition coefficient (Wildman–Crippen LogP) is 2.81. The van der Waals surface area contributed by atoms with E-state index in [2.05, 4.69) is 5.32 Å². The standard InChI is InChI=1S/C11H15Cl2NO/c1-11(15,5-6-14-2)8-3-4-9(12)10(13)7-8/h3-4,7,14-15H,5-6H2,1-2H3. The minimum absolute atomic E-state index is 0.471. The van der Waals surface area contributed by atoms with Gasteiger partial charge in [-0.3, -0.25) is 0 Å². The molecule has 0 saturated heterocycles. The molecule has 0 aromatic heterocycles. The van der Waals surface area contributed by atoms with Gasteiger partial charge in [-0.15, -0.1) is 0 Å². The normalized spacial score (nSPS) is 15.0. The van der Waals surface area contributed by atoms with Crippen LogP contribution in [-0.4, -0.2) is 18.7 Å². The highest BCUT2D eigenvalue weighted by Crippen LogP contribution is 2.30. The molecule has 0 aliphatic carbocycles. The summed E-state index contributed by atoms with van der Waals surface area (Å²) in [6.45, 7) is 2.51. The van der Waals surface area contributed by atoms with Gasteiger partial charge in [-0.05, 0) is 44.6 Å². The number of halogens is 2. The van der Waals surface area contributed by atoms with Crippen molar-refractivity contribution in [2.24, 2.45) is 0 Å². The van der Waals surface area contributed by atoms with Gasteiger partial charge in [-0.2, -0.15) is 0 Å². The Balaban J connectivity index is 2.89. The third-order valence-electron chi connectivity index (χ3n) is 2.40. The lowest BCUT2D eigenvalue weighted by atomic mass is 9.92. The molecular weight excluding hydrogens is 233 g/mol. The summed E-state index contributed by atoms with van der Waals surface area (Å²) in [7, 11) is 1.85. The van der Waals surface area contributed by atoms with E-state index in [1.165, 1.54) is 0 Å². The number of benzene rings is 1. The Morgan fingerprint density at radius 3 is 2.53 bits per heavy atom. The van der Waals surface area contributed by atoms with E-state index in [1.54, 1.807) is 25.1 Å². The van der Waals surface area contributed by atoms with Crippen molar-refractivity contribution in [3.05, 3.63) is 33.8 Å². The van der Waals surface area contributed by atoms with Gasteiger partial charge in [-0.1, -0.05) is 29.3 Å². The van der Waals surface area contributed by atoms with Gasteiger partial charge < -0.3 is 10.4 Å². The molecule has 1 atom stereocenters. The topological polar surface area (TPSA) is 32.3 Å². The van der Waals surface area contributed by atoms with Crippen molar-refractivity contribution in [3.63, 3.8) is 0 Å². The van der Waals surface area contributed by atoms with Crippen molar-refractivity contribution >= 4 is 23.2 Å². The Morgan fingerprint density at radius 2 is 2.00 bits per heavy atom. The molecule has 2 nitrogen and oxygen atoms in total. The fraction of sp³-hybridized carbons (Fsp3) is 0.455. The fourth-order valence-electron chi connectivity index (χ4n) is 1.34. The molecule has 0 radical (unpaired) electrons. The molecule has 1 rings (SSSR count). The predicted molar refractivity (Wildman–Crippen MR) is 64.6 cm³/mol. The van der Waals surface area contributed by atoms with E-state index in [0.29, 0.717) is 16.5 Å². The molecule has 0 aliphatic rings. The van der Waals surface area contributed by atoms with Crippen LogP contribution in [0.4, 0.5) is 0 Å². The largest absolute Gasteiger partial charge is 0.385 e. The van der Waals surface area contributed by atoms with Gasteiger partial charge in [-0.25, -0.2) is 0 Å². The second-order valence-corrected chi connectivity index (χ2v) is 4.57. The Morgan fingerprint density at radius 1 is 1.33 bits per heavy atom. The van der Waals surface area contributed by atoms with Crippen molar-refractivity contribution in [3.8, 4) is 0 Å². The zero-order valence-electron chi connectivity index (χ0n) is 8.85. The van der Waals surface area contributed by atoms with Gasteiger partial charge in [0.25, 0.3) is 0 Å². The first-order chi connectivity index (χ1) is 6.97. The summed E-state index contributed by atoms with van der Waals surface area (Å²) in [6.07, 6.45) is 0.626. The molecule has 4 heteroatoms. The van der Waals surface area contributed by atoms with Gasteiger partial charge in [0.05, 0.1) is 15.6 Å². The van der Waals surface area contributed by atoms with Crippen molar-refractivity contribution < 1.29 is 5.11 Å². The number of rotatable bonds is 4. The molecule has 0 saturated carbocycles. The lowest BCUT2D eigenvalue weighted by molar-refractivity contribution is 0.0485. The Hall–Kier alpha value is -0.280. The van der Waals surface area contributed by atoms with Crippen LogP contribution in [-0.2, 0) is 5.60 Å². The summed E-state index contributed by atoms with van der Waals surface area (Å²) in [4.78, 5) is 0. The molecule has 0 amide bonds. The van der Waals surface area contributed by atoms with E-state index in [1.807, 2.05) is 7.05 Å². The minimum Gasteiger partial charge on any atom is -0.385 e. The Bertz CT molecular complexity index is 339. The van der Waals surface area contributed by atoms with Crippen LogP contribution in [0.2, 0.25) is 10.0 Å². The van der Waals surface area contributed by atoms with Gasteiger partial charge in [0.1, 0.15) is 0 Å². The molecule has 1 aromatic rings. The molecule has 0 fully saturated rings. The zero-order chi connectivity index (χ0) is 11.5. The quantitative estimate of drug-likeness (QED) is 0.858. The van der Waals surface area contributed by atoms with Crippen LogP contribution in [0.3, 0.4) is 0 Å². The summed E-state index contributed by atoms with van der Waals surface area (Å²) in [6, 6.07) is 5.20. The van der Waals surface area contributed by atoms with Crippen LogP contribution in [0.1, 0.15) is 18.9 Å². The second-order valence-electron chi connectivity index (χ2n) is 3.76. The molecule has 0 aliphatic heterocycles. The molecule has 0 heterocycles. The number of nitrogens with one attached hydrogen (secondary N) is 1. The van der Waals surface area contributed by atoms with Gasteiger partial charge in [0, 0.05) is 0 Å². The van der Waals surface area contributed by atoms with Gasteiger partial charge >= 0.3 is 0 Å². The fourth-order valence-corrected chi connectivity index (χ4v) is 1.64. The third-order valence-corrected chi connectivity index (χ3v) is 3.14. The number of hydrogen-bond donors (Lipinski definition) is 2. The summed E-state index contributed by atoms with van der Waals surface area (Å²) in [5, 5.41) is 14.2. The summed E-state index contributed by atoms with van der Waals surface area (Å²) in [5.41, 5.74) is -0.0933. The van der Waals surface area contributed by atoms with E-state index in [-0.39, 0.29) is 0 Å². The van der Waals surface area contributed by atoms with Gasteiger partial charge in [0.2, 0.25) is 0 Å². The molecule has 15 heavy (non-hydrogen) atoms. The maximum absolute atomic E-state index is 10.2. The first-order valence-electron chi connectivity index (χ1n) is 4.80. The highest BCUT2D eigenvalue weighted by Gasteiger charge is 2.22. The first-order valence-corrected chi connectivity index (χ1v) is 5.55. The summed E-state index contributed by atoms with van der Waals surface area (Å²) in [5.74, 6) is 0. The van der Waals surface area contributed by atoms with Crippen LogP contribution < -0.4 is 5.32 Å². The van der Waals surface area contributed by atoms with E-state index < -0.39 is 5.60 Å². The monoisotopic (exact) mass is 247 g/mol. The minimum atomic E-state index is -0.878. The van der Waals surface area contributed by atoms with Gasteiger partial charge in [0.15, 0.2) is 0 Å². The van der Waals surface area contributed by atoms with Crippen LogP contribution in [0.25, 0.3) is 0 Å². The number of hydrogen-bond acceptors (Lipinski definition) is 2. The van der Waals surface area contributed by atoms with E-state index in [0.717, 1.165) is 12.1 Å². The smallest absolute Gasteiger partial charge is 0.0881 e. The van der Waals surface area contributed by atoms with Crippen molar-refractivity contribution in [2.75, 3.05) is 13.6 Å². The van der Waals surface area contributed by atoms with E-state index >= 15 is 0 Å². The highest BCUT2D eigenvalue weighted by molar-refractivity contribution is 6.42. The lowest BCUT2D eigenvalue weighted by Gasteiger charge is -2.24. The summed E-state index contributed by atoms with van der Waals surface area (Å²) >= 11 is 11.7. The highest BCUT2D eigenvalue weighted by atomic mass is 35.5. The van der Waals surface area contributed by atoms with E-state index in [4.69, 9.17) is 23.2 Å². The molecule has 2 N–H and O–H groups in total. The van der Waals surface area contributed by atoms with Crippen LogP contribution in [0, 0.1) is 0 Å². The third kappa shape index (κ3) is 3.35. The second kappa shape index (κ2) is 5.17. The first kappa shape index (κ1) is 12.8. The molecule has 0 spiro atoms. The van der Waals surface area contributed by atoms with E-state index in [9.17, 15) is 5.11 Å². The number of aliphatic hydroxyl groups is 1. The maximum Gasteiger partial charge on any atom is 0.0881 e. The van der Waals surface area contributed by atoms with Crippen LogP contribution in [0.15, 0.2) is 18.2 Å². The Labute approximate surface area is 100 Å². The molecule has 1 unspecified atom stereocenters. The SMILES string of the molecule is CNCCC(C)(O)c1ccc(Cl)c(Cl)c1. The lowest BCUT2D eigenvalue weighted by Crippen LogP contribution is -2.26. The van der Waals surface area contributed by atoms with Crippen molar-refractivity contribution in [1.29, 1.82) is 0 Å². The van der Waals surface area contributed by atoms with Crippen molar-refractivity contribution in [1.82, 2.24) is 5.32 Å². The zero-order valence-corrected chi connectivity index (χ0v) is 10.4.